The predicted octanol–water partition coefficient (Wildman–Crippen LogP) is -4.52. The second-order valence-electron chi connectivity index (χ2n) is 5.72. The van der Waals surface area contributed by atoms with Gasteiger partial charge in [-0.25, -0.2) is 16.8 Å². The van der Waals surface area contributed by atoms with Crippen molar-refractivity contribution in [2.24, 2.45) is 22.9 Å². The lowest BCUT2D eigenvalue weighted by atomic mass is 9.97. The first-order chi connectivity index (χ1) is 13.6. The molecule has 0 radical (unpaired) electrons. The lowest BCUT2D eigenvalue weighted by Crippen LogP contribution is -2.51. The molecule has 0 aromatic heterocycles. The molecule has 2 aromatic rings. The lowest BCUT2D eigenvalue weighted by molar-refractivity contribution is -0.117. The summed E-state index contributed by atoms with van der Waals surface area (Å²) < 4.78 is 66.0. The molecule has 0 saturated heterocycles. The maximum absolute atomic E-state index is 11.0. The van der Waals surface area contributed by atoms with Gasteiger partial charge in [0, 0.05) is 0 Å². The minimum atomic E-state index is -4.49. The van der Waals surface area contributed by atoms with Crippen LogP contribution in [-0.2, 0) is 31.7 Å². The van der Waals surface area contributed by atoms with E-state index in [9.17, 15) is 25.9 Å². The van der Waals surface area contributed by atoms with Crippen molar-refractivity contribution in [2.45, 2.75) is 11.5 Å². The fraction of sp³-hybridized carbons (Fsp3) is 0.125. The molecular weight excluding hydrogens is 436 g/mol. The van der Waals surface area contributed by atoms with Gasteiger partial charge in [0.15, 0.2) is 0 Å². The van der Waals surface area contributed by atoms with Gasteiger partial charge < -0.3 is 9.11 Å². The maximum atomic E-state index is 11.0. The fourth-order valence-electron chi connectivity index (χ4n) is 2.20. The standard InChI is InChI=1S/C14H14O6S2.2CH5N3/c15-21(16,17)9-11-5-1-3-7-13(11)14-8-4-2-6-12(14)10-22(18,19)20;2*2-1(3)4/h1-8H,9-10H2,(H,15,16,17)(H,18,19,20);2*(H5,2,3,4). The average molecular weight is 461 g/mol. The first kappa shape index (κ1) is 26.8. The van der Waals surface area contributed by atoms with Crippen LogP contribution in [0, 0.1) is 0 Å². The van der Waals surface area contributed by atoms with Gasteiger partial charge in [0.1, 0.15) is 0 Å². The normalized spacial score (nSPS) is 10.6. The van der Waals surface area contributed by atoms with E-state index < -0.39 is 31.7 Å². The minimum absolute atomic E-state index is 0.0833. The van der Waals surface area contributed by atoms with Crippen LogP contribution in [0.4, 0.5) is 0 Å². The van der Waals surface area contributed by atoms with Gasteiger partial charge in [-0.1, -0.05) is 48.5 Å². The van der Waals surface area contributed by atoms with Crippen molar-refractivity contribution >= 4 is 32.2 Å². The van der Waals surface area contributed by atoms with Crippen LogP contribution >= 0.6 is 0 Å². The zero-order valence-corrected chi connectivity index (χ0v) is 17.4. The number of hydrogen-bond donors (Lipinski definition) is 6. The topological polar surface area (TPSA) is 270 Å². The highest BCUT2D eigenvalue weighted by Crippen LogP contribution is 2.29. The van der Waals surface area contributed by atoms with E-state index >= 15 is 0 Å². The van der Waals surface area contributed by atoms with E-state index in [2.05, 4.69) is 33.8 Å². The van der Waals surface area contributed by atoms with Crippen molar-refractivity contribution in [3.05, 3.63) is 59.7 Å². The Morgan fingerprint density at radius 2 is 0.900 bits per heavy atom. The van der Waals surface area contributed by atoms with Crippen LogP contribution in [0.2, 0.25) is 0 Å². The number of nitrogens with two attached hydrogens (primary N) is 6. The van der Waals surface area contributed by atoms with E-state index in [1.165, 1.54) is 12.1 Å². The Labute approximate surface area is 174 Å². The van der Waals surface area contributed by atoms with E-state index in [4.69, 9.17) is 0 Å². The molecule has 0 heterocycles. The second-order valence-corrected chi connectivity index (χ2v) is 8.53. The lowest BCUT2D eigenvalue weighted by Gasteiger charge is -2.16. The molecule has 14 heteroatoms. The monoisotopic (exact) mass is 460 g/mol. The summed E-state index contributed by atoms with van der Waals surface area (Å²) in [7, 11) is -8.97. The van der Waals surface area contributed by atoms with E-state index in [1.807, 2.05) is 0 Å². The largest absolute Gasteiger partial charge is 0.748 e. The summed E-state index contributed by atoms with van der Waals surface area (Å²) in [4.78, 5) is 0. The average Bonchev–Trinajstić information content (AvgIpc) is 2.52. The molecule has 0 unspecified atom stereocenters. The summed E-state index contributed by atoms with van der Waals surface area (Å²) >= 11 is 0. The summed E-state index contributed by atoms with van der Waals surface area (Å²) in [6.45, 7) is 0. The molecular formula is C16H24N6O6S2. The summed E-state index contributed by atoms with van der Waals surface area (Å²) in [5, 5.41) is 9.17. The Hall–Kier alpha value is -3.20. The molecule has 12 nitrogen and oxygen atoms in total. The first-order valence-electron chi connectivity index (χ1n) is 7.92. The van der Waals surface area contributed by atoms with Gasteiger partial charge in [-0.2, -0.15) is 0 Å². The van der Waals surface area contributed by atoms with Crippen molar-refractivity contribution in [3.63, 3.8) is 0 Å². The summed E-state index contributed by atoms with van der Waals surface area (Å²) in [5.41, 5.74) is 19.7. The van der Waals surface area contributed by atoms with Crippen molar-refractivity contribution in [3.8, 4) is 11.1 Å². The van der Waals surface area contributed by atoms with E-state index in [0.29, 0.717) is 11.1 Å². The molecule has 2 aromatic carbocycles. The quantitative estimate of drug-likeness (QED) is 0.141. The molecule has 30 heavy (non-hydrogen) atoms. The highest BCUT2D eigenvalue weighted by Gasteiger charge is 2.12. The van der Waals surface area contributed by atoms with Crippen molar-refractivity contribution in [1.82, 2.24) is 0 Å². The van der Waals surface area contributed by atoms with E-state index in [1.54, 1.807) is 36.4 Å². The summed E-state index contributed by atoms with van der Waals surface area (Å²) in [5.74, 6) is -1.58. The van der Waals surface area contributed by atoms with Crippen LogP contribution in [0.25, 0.3) is 11.1 Å². The molecule has 0 spiro atoms. The van der Waals surface area contributed by atoms with Gasteiger partial charge in [0.25, 0.3) is 0 Å². The van der Waals surface area contributed by atoms with Gasteiger partial charge in [-0.3, -0.25) is 33.8 Å². The molecule has 2 rings (SSSR count). The Kier molecular flexibility index (Phi) is 10.5. The number of guanidine groups is 2. The molecule has 12 N–H and O–H groups in total. The second kappa shape index (κ2) is 11.7. The Balaban J connectivity index is 0.000000901. The zero-order chi connectivity index (χ0) is 23.5. The SMILES string of the molecule is NC(N)=[NH2+].NC(N)=[NH2+].O=S(=O)([O-])Cc1ccccc1-c1ccccc1CS(=O)(=O)[O-]. The van der Waals surface area contributed by atoms with Gasteiger partial charge in [-0.15, -0.1) is 0 Å². The van der Waals surface area contributed by atoms with Crippen LogP contribution in [0.5, 0.6) is 0 Å². The van der Waals surface area contributed by atoms with Gasteiger partial charge >= 0.3 is 11.9 Å². The Morgan fingerprint density at radius 1 is 0.667 bits per heavy atom. The number of rotatable bonds is 5. The van der Waals surface area contributed by atoms with Gasteiger partial charge in [0.2, 0.25) is 0 Å². The van der Waals surface area contributed by atoms with Crippen LogP contribution in [0.1, 0.15) is 11.1 Å². The smallest absolute Gasteiger partial charge is 0.336 e. The van der Waals surface area contributed by atoms with Gasteiger partial charge in [-0.05, 0) is 22.3 Å². The third-order valence-electron chi connectivity index (χ3n) is 2.99. The molecule has 0 fully saturated rings. The maximum Gasteiger partial charge on any atom is 0.336 e. The van der Waals surface area contributed by atoms with Crippen LogP contribution < -0.4 is 33.8 Å². The highest BCUT2D eigenvalue weighted by molar-refractivity contribution is 7.85. The van der Waals surface area contributed by atoms with Crippen molar-refractivity contribution < 1.29 is 36.8 Å². The fourth-order valence-corrected chi connectivity index (χ4v) is 3.46. The molecule has 0 amide bonds. The Bertz CT molecular complexity index is 991. The molecule has 0 saturated carbocycles. The molecule has 0 aliphatic carbocycles. The summed E-state index contributed by atoms with van der Waals surface area (Å²) in [6.07, 6.45) is 0. The Morgan fingerprint density at radius 3 is 1.13 bits per heavy atom. The van der Waals surface area contributed by atoms with Crippen molar-refractivity contribution in [2.75, 3.05) is 0 Å². The highest BCUT2D eigenvalue weighted by atomic mass is 32.2. The van der Waals surface area contributed by atoms with Crippen LogP contribution in [0.3, 0.4) is 0 Å². The third-order valence-corrected chi connectivity index (χ3v) is 4.32. The first-order valence-corrected chi connectivity index (χ1v) is 11.1. The molecule has 0 atom stereocenters. The third kappa shape index (κ3) is 13.1. The molecule has 0 bridgehead atoms. The van der Waals surface area contributed by atoms with Gasteiger partial charge in [0.05, 0.1) is 31.7 Å². The van der Waals surface area contributed by atoms with Crippen LogP contribution in [-0.4, -0.2) is 37.9 Å². The zero-order valence-electron chi connectivity index (χ0n) is 15.8. The number of hydrogen-bond acceptors (Lipinski definition) is 6. The predicted molar refractivity (Wildman–Crippen MR) is 109 cm³/mol. The van der Waals surface area contributed by atoms with E-state index in [0.717, 1.165) is 0 Å². The number of benzene rings is 2. The molecule has 0 aliphatic rings. The van der Waals surface area contributed by atoms with Crippen LogP contribution in [0.15, 0.2) is 48.5 Å². The molecule has 166 valence electrons. The summed E-state index contributed by atoms with van der Waals surface area (Å²) in [6, 6.07) is 12.6. The molecule has 0 aliphatic heterocycles. The van der Waals surface area contributed by atoms with Crippen molar-refractivity contribution in [1.29, 1.82) is 0 Å². The minimum Gasteiger partial charge on any atom is -0.748 e. The van der Waals surface area contributed by atoms with E-state index in [-0.39, 0.29) is 23.0 Å².